The molecule has 1 atom stereocenters. The number of anilines is 1. The number of thiophene rings is 1. The molecular weight excluding hydrogens is 437 g/mol. The molecule has 1 heterocycles. The number of carbonyl (C=O) groups excluding carboxylic acids is 4. The highest BCUT2D eigenvalue weighted by Crippen LogP contribution is 2.38. The molecular formula is C22H24FN3O5S. The Labute approximate surface area is 188 Å². The topological polar surface area (TPSA) is 128 Å². The molecule has 1 aromatic carbocycles. The number of hydrogen-bond donors (Lipinski definition) is 3. The molecule has 0 saturated carbocycles. The molecule has 1 aliphatic rings. The Kier molecular flexibility index (Phi) is 7.24. The van der Waals surface area contributed by atoms with Gasteiger partial charge in [-0.05, 0) is 42.9 Å². The number of rotatable bonds is 8. The molecule has 8 nitrogen and oxygen atoms in total. The predicted octanol–water partition coefficient (Wildman–Crippen LogP) is 2.41. The van der Waals surface area contributed by atoms with Gasteiger partial charge in [-0.1, -0.05) is 26.0 Å². The number of nitrogens with two attached hydrogens (primary N) is 1. The van der Waals surface area contributed by atoms with E-state index in [1.807, 2.05) is 0 Å². The molecule has 0 aliphatic heterocycles. The van der Waals surface area contributed by atoms with Crippen molar-refractivity contribution in [3.63, 3.8) is 0 Å². The van der Waals surface area contributed by atoms with Gasteiger partial charge in [0.05, 0.1) is 11.1 Å². The SMILES string of the molecule is CC(C)C(NC(=O)c1ccccc1F)C(=O)OCC(=O)Nc1sc2c(c1C(N)=O)CCC2. The van der Waals surface area contributed by atoms with Crippen molar-refractivity contribution in [2.24, 2.45) is 11.7 Å². The maximum absolute atomic E-state index is 13.8. The lowest BCUT2D eigenvalue weighted by atomic mass is 10.0. The molecule has 2 aromatic rings. The number of aryl methyl sites for hydroxylation is 1. The first-order valence-corrected chi connectivity index (χ1v) is 11.0. The van der Waals surface area contributed by atoms with Crippen molar-refractivity contribution in [2.75, 3.05) is 11.9 Å². The number of fused-ring (bicyclic) bond motifs is 1. The Hall–Kier alpha value is -3.27. The second kappa shape index (κ2) is 9.90. The van der Waals surface area contributed by atoms with Gasteiger partial charge in [-0.25, -0.2) is 9.18 Å². The van der Waals surface area contributed by atoms with E-state index in [2.05, 4.69) is 10.6 Å². The largest absolute Gasteiger partial charge is 0.454 e. The van der Waals surface area contributed by atoms with Crippen LogP contribution in [0.5, 0.6) is 0 Å². The summed E-state index contributed by atoms with van der Waals surface area (Å²) in [6.07, 6.45) is 2.48. The fraction of sp³-hybridized carbons (Fsp3) is 0.364. The number of amides is 3. The summed E-state index contributed by atoms with van der Waals surface area (Å²) < 4.78 is 18.9. The summed E-state index contributed by atoms with van der Waals surface area (Å²) in [4.78, 5) is 50.0. The van der Waals surface area contributed by atoms with Crippen LogP contribution in [0.15, 0.2) is 24.3 Å². The lowest BCUT2D eigenvalue weighted by Crippen LogP contribution is -2.46. The normalized spacial score (nSPS) is 13.4. The van der Waals surface area contributed by atoms with Gasteiger partial charge in [0, 0.05) is 4.88 Å². The minimum atomic E-state index is -1.08. The summed E-state index contributed by atoms with van der Waals surface area (Å²) in [6, 6.07) is 4.32. The van der Waals surface area contributed by atoms with Crippen molar-refractivity contribution >= 4 is 40.0 Å². The third-order valence-corrected chi connectivity index (χ3v) is 6.30. The summed E-state index contributed by atoms with van der Waals surface area (Å²) >= 11 is 1.29. The molecule has 10 heteroatoms. The minimum absolute atomic E-state index is 0.201. The van der Waals surface area contributed by atoms with Crippen LogP contribution in [0, 0.1) is 11.7 Å². The van der Waals surface area contributed by atoms with Gasteiger partial charge >= 0.3 is 5.97 Å². The van der Waals surface area contributed by atoms with Crippen molar-refractivity contribution in [3.05, 3.63) is 51.7 Å². The van der Waals surface area contributed by atoms with Crippen LogP contribution in [0.1, 0.15) is 51.4 Å². The van der Waals surface area contributed by atoms with E-state index in [9.17, 15) is 23.6 Å². The number of hydrogen-bond acceptors (Lipinski definition) is 6. The first-order valence-electron chi connectivity index (χ1n) is 10.1. The molecule has 32 heavy (non-hydrogen) atoms. The van der Waals surface area contributed by atoms with E-state index >= 15 is 0 Å². The number of halogens is 1. The Bertz CT molecular complexity index is 1070. The number of ether oxygens (including phenoxy) is 1. The molecule has 1 aromatic heterocycles. The summed E-state index contributed by atoms with van der Waals surface area (Å²) in [5.41, 5.74) is 6.44. The Balaban J connectivity index is 1.61. The lowest BCUT2D eigenvalue weighted by molar-refractivity contribution is -0.150. The van der Waals surface area contributed by atoms with Crippen molar-refractivity contribution in [2.45, 2.75) is 39.2 Å². The van der Waals surface area contributed by atoms with Crippen molar-refractivity contribution in [1.82, 2.24) is 5.32 Å². The van der Waals surface area contributed by atoms with E-state index < -0.39 is 42.2 Å². The van der Waals surface area contributed by atoms with Crippen LogP contribution in [-0.4, -0.2) is 36.3 Å². The summed E-state index contributed by atoms with van der Waals surface area (Å²) in [7, 11) is 0. The maximum Gasteiger partial charge on any atom is 0.329 e. The molecule has 3 rings (SSSR count). The van der Waals surface area contributed by atoms with Crippen LogP contribution in [0.25, 0.3) is 0 Å². The van der Waals surface area contributed by atoms with Gasteiger partial charge in [0.1, 0.15) is 16.9 Å². The van der Waals surface area contributed by atoms with Crippen LogP contribution in [0.4, 0.5) is 9.39 Å². The van der Waals surface area contributed by atoms with E-state index in [1.165, 1.54) is 29.5 Å². The molecule has 1 aliphatic carbocycles. The second-order valence-electron chi connectivity index (χ2n) is 7.76. The predicted molar refractivity (Wildman–Crippen MR) is 117 cm³/mol. The third kappa shape index (κ3) is 5.13. The number of esters is 1. The van der Waals surface area contributed by atoms with Gasteiger partial charge in [-0.2, -0.15) is 0 Å². The third-order valence-electron chi connectivity index (χ3n) is 5.09. The quantitative estimate of drug-likeness (QED) is 0.520. The molecule has 4 N–H and O–H groups in total. The second-order valence-corrected chi connectivity index (χ2v) is 8.86. The van der Waals surface area contributed by atoms with Gasteiger partial charge in [-0.3, -0.25) is 14.4 Å². The summed E-state index contributed by atoms with van der Waals surface area (Å²) in [5.74, 6) is -3.93. The van der Waals surface area contributed by atoms with E-state index in [4.69, 9.17) is 10.5 Å². The molecule has 0 fully saturated rings. The highest BCUT2D eigenvalue weighted by Gasteiger charge is 2.29. The molecule has 1 unspecified atom stereocenters. The molecule has 170 valence electrons. The lowest BCUT2D eigenvalue weighted by Gasteiger charge is -2.21. The number of benzene rings is 1. The van der Waals surface area contributed by atoms with Gasteiger partial charge in [0.15, 0.2) is 6.61 Å². The zero-order valence-electron chi connectivity index (χ0n) is 17.7. The highest BCUT2D eigenvalue weighted by molar-refractivity contribution is 7.17. The van der Waals surface area contributed by atoms with E-state index in [-0.39, 0.29) is 11.5 Å². The zero-order chi connectivity index (χ0) is 23.4. The van der Waals surface area contributed by atoms with E-state index in [0.29, 0.717) is 10.6 Å². The Morgan fingerprint density at radius 2 is 1.91 bits per heavy atom. The van der Waals surface area contributed by atoms with E-state index in [1.54, 1.807) is 13.8 Å². The number of carbonyl (C=O) groups is 4. The fourth-order valence-corrected chi connectivity index (χ4v) is 4.82. The molecule has 3 amide bonds. The van der Waals surface area contributed by atoms with Crippen LogP contribution >= 0.6 is 11.3 Å². The Morgan fingerprint density at radius 1 is 1.19 bits per heavy atom. The molecule has 0 radical (unpaired) electrons. The van der Waals surface area contributed by atoms with E-state index in [0.717, 1.165) is 35.8 Å². The highest BCUT2D eigenvalue weighted by atomic mass is 32.1. The van der Waals surface area contributed by atoms with Gasteiger partial charge < -0.3 is 21.1 Å². The van der Waals surface area contributed by atoms with Crippen molar-refractivity contribution < 1.29 is 28.3 Å². The fourth-order valence-electron chi connectivity index (χ4n) is 3.50. The molecule has 0 bridgehead atoms. The van der Waals surface area contributed by atoms with Crippen LogP contribution < -0.4 is 16.4 Å². The van der Waals surface area contributed by atoms with Gasteiger partial charge in [0.2, 0.25) is 0 Å². The number of primary amides is 1. The van der Waals surface area contributed by atoms with Gasteiger partial charge in [-0.15, -0.1) is 11.3 Å². The standard InChI is InChI=1S/C22H24FN3O5S/c1-11(2)18(26-20(29)12-6-3-4-8-14(12)23)22(30)31-10-16(27)25-21-17(19(24)28)13-7-5-9-15(13)32-21/h3-4,6,8,11,18H,5,7,9-10H2,1-2H3,(H2,24,28)(H,25,27)(H,26,29). The smallest absolute Gasteiger partial charge is 0.329 e. The number of nitrogens with one attached hydrogen (secondary N) is 2. The van der Waals surface area contributed by atoms with Crippen molar-refractivity contribution in [1.29, 1.82) is 0 Å². The Morgan fingerprint density at radius 3 is 2.56 bits per heavy atom. The minimum Gasteiger partial charge on any atom is -0.454 e. The molecule has 0 spiro atoms. The summed E-state index contributed by atoms with van der Waals surface area (Å²) in [5, 5.41) is 5.38. The average Bonchev–Trinajstić information content (AvgIpc) is 3.30. The van der Waals surface area contributed by atoms with Gasteiger partial charge in [0.25, 0.3) is 17.7 Å². The van der Waals surface area contributed by atoms with Crippen molar-refractivity contribution in [3.8, 4) is 0 Å². The average molecular weight is 462 g/mol. The first kappa shape index (κ1) is 23.4. The first-order chi connectivity index (χ1) is 15.2. The van der Waals surface area contributed by atoms with Crippen LogP contribution in [-0.2, 0) is 27.2 Å². The van der Waals surface area contributed by atoms with Crippen LogP contribution in [0.2, 0.25) is 0 Å². The van der Waals surface area contributed by atoms with Crippen LogP contribution in [0.3, 0.4) is 0 Å². The summed E-state index contributed by atoms with van der Waals surface area (Å²) in [6.45, 7) is 2.75. The maximum atomic E-state index is 13.8. The molecule has 0 saturated heterocycles. The zero-order valence-corrected chi connectivity index (χ0v) is 18.5. The monoisotopic (exact) mass is 461 g/mol.